The second-order valence-electron chi connectivity index (χ2n) is 11.7. The fraction of sp³-hybridized carbons (Fsp3) is 0.229. The number of nitrogens with one attached hydrogen (secondary N) is 2. The predicted octanol–water partition coefficient (Wildman–Crippen LogP) is 4.25. The number of piperazine rings is 1. The summed E-state index contributed by atoms with van der Waals surface area (Å²) in [5.74, 6) is -0.833. The number of aromatic amines is 1. The van der Waals surface area contributed by atoms with Gasteiger partial charge in [0.25, 0.3) is 17.7 Å². The number of nitrogens with two attached hydrogens (primary N) is 2. The number of aromatic nitrogens is 1. The lowest BCUT2D eigenvalue weighted by Crippen LogP contribution is -2.47. The SMILES string of the molecule is CN1CCN(C(=O)c2ccc3c(c2)[nH]c2c(C(N)=O)ccc(-c4cccc(NC(=O)c5ccccc5N(C)C)c4CN)c23)CC1. The van der Waals surface area contributed by atoms with Crippen LogP contribution in [0.5, 0.6) is 0 Å². The van der Waals surface area contributed by atoms with Crippen LogP contribution in [0.1, 0.15) is 36.6 Å². The van der Waals surface area contributed by atoms with E-state index >= 15 is 0 Å². The van der Waals surface area contributed by atoms with Crippen LogP contribution < -0.4 is 21.7 Å². The van der Waals surface area contributed by atoms with Crippen molar-refractivity contribution in [1.29, 1.82) is 0 Å². The number of amides is 3. The smallest absolute Gasteiger partial charge is 0.257 e. The van der Waals surface area contributed by atoms with E-state index in [1.165, 1.54) is 0 Å². The number of likely N-dealkylation sites (N-methyl/N-ethyl adjacent to an activating group) is 1. The van der Waals surface area contributed by atoms with E-state index in [4.69, 9.17) is 11.5 Å². The van der Waals surface area contributed by atoms with E-state index < -0.39 is 5.91 Å². The van der Waals surface area contributed by atoms with Crippen LogP contribution in [-0.2, 0) is 6.54 Å². The molecule has 0 aliphatic carbocycles. The first-order chi connectivity index (χ1) is 21.7. The summed E-state index contributed by atoms with van der Waals surface area (Å²) in [5.41, 5.74) is 18.7. The maximum absolute atomic E-state index is 13.5. The van der Waals surface area contributed by atoms with E-state index in [1.54, 1.807) is 12.1 Å². The first-order valence-electron chi connectivity index (χ1n) is 14.9. The minimum absolute atomic E-state index is 0.0243. The number of carbonyl (C=O) groups excluding carboxylic acids is 3. The van der Waals surface area contributed by atoms with Crippen molar-refractivity contribution in [3.63, 3.8) is 0 Å². The topological polar surface area (TPSA) is 141 Å². The molecule has 3 amide bonds. The van der Waals surface area contributed by atoms with Gasteiger partial charge >= 0.3 is 0 Å². The third-order valence-electron chi connectivity index (χ3n) is 8.61. The van der Waals surface area contributed by atoms with Gasteiger partial charge in [-0.15, -0.1) is 0 Å². The van der Waals surface area contributed by atoms with Crippen LogP contribution >= 0.6 is 0 Å². The molecule has 230 valence electrons. The second-order valence-corrected chi connectivity index (χ2v) is 11.7. The molecular formula is C35H37N7O3. The van der Waals surface area contributed by atoms with E-state index in [-0.39, 0.29) is 18.4 Å². The molecule has 0 bridgehead atoms. The van der Waals surface area contributed by atoms with Gasteiger partial charge in [0.2, 0.25) is 0 Å². The summed E-state index contributed by atoms with van der Waals surface area (Å²) >= 11 is 0. The van der Waals surface area contributed by atoms with E-state index in [1.807, 2.05) is 84.6 Å². The molecule has 0 atom stereocenters. The summed E-state index contributed by atoms with van der Waals surface area (Å²) in [4.78, 5) is 48.7. The van der Waals surface area contributed by atoms with Crippen LogP contribution in [-0.4, -0.2) is 79.8 Å². The minimum Gasteiger partial charge on any atom is -0.377 e. The zero-order chi connectivity index (χ0) is 31.8. The highest BCUT2D eigenvalue weighted by Gasteiger charge is 2.23. The zero-order valence-electron chi connectivity index (χ0n) is 25.7. The molecule has 45 heavy (non-hydrogen) atoms. The molecular weight excluding hydrogens is 566 g/mol. The molecule has 0 spiro atoms. The third-order valence-corrected chi connectivity index (χ3v) is 8.61. The summed E-state index contributed by atoms with van der Waals surface area (Å²) in [5, 5.41) is 4.70. The largest absolute Gasteiger partial charge is 0.377 e. The highest BCUT2D eigenvalue weighted by atomic mass is 16.2. The number of H-pyrrole nitrogens is 1. The average Bonchev–Trinajstić information content (AvgIpc) is 3.43. The molecule has 6 N–H and O–H groups in total. The maximum Gasteiger partial charge on any atom is 0.257 e. The number of para-hydroxylation sites is 1. The molecule has 0 saturated carbocycles. The van der Waals surface area contributed by atoms with Gasteiger partial charge in [-0.3, -0.25) is 14.4 Å². The van der Waals surface area contributed by atoms with Gasteiger partial charge in [-0.1, -0.05) is 36.4 Å². The molecule has 1 saturated heterocycles. The Hall–Kier alpha value is -5.19. The Morgan fingerprint density at radius 2 is 1.64 bits per heavy atom. The Morgan fingerprint density at radius 3 is 2.36 bits per heavy atom. The molecule has 4 aromatic carbocycles. The van der Waals surface area contributed by atoms with Crippen LogP contribution in [0.4, 0.5) is 11.4 Å². The molecule has 10 heteroatoms. The highest BCUT2D eigenvalue weighted by Crippen LogP contribution is 2.40. The van der Waals surface area contributed by atoms with Crippen molar-refractivity contribution in [2.45, 2.75) is 6.54 Å². The van der Waals surface area contributed by atoms with E-state index in [0.29, 0.717) is 41.0 Å². The number of anilines is 2. The summed E-state index contributed by atoms with van der Waals surface area (Å²) in [6.07, 6.45) is 0. The number of benzene rings is 4. The van der Waals surface area contributed by atoms with Crippen molar-refractivity contribution in [3.05, 3.63) is 95.1 Å². The summed E-state index contributed by atoms with van der Waals surface area (Å²) in [7, 11) is 5.84. The van der Waals surface area contributed by atoms with Gasteiger partial charge in [-0.05, 0) is 60.1 Å². The van der Waals surface area contributed by atoms with Crippen molar-refractivity contribution in [1.82, 2.24) is 14.8 Å². The van der Waals surface area contributed by atoms with Crippen molar-refractivity contribution in [3.8, 4) is 11.1 Å². The Bertz CT molecular complexity index is 1950. The van der Waals surface area contributed by atoms with Crippen LogP contribution in [0, 0.1) is 0 Å². The number of hydrogen-bond acceptors (Lipinski definition) is 6. The molecule has 1 aliphatic heterocycles. The first kappa shape index (κ1) is 29.9. The number of hydrogen-bond donors (Lipinski definition) is 4. The van der Waals surface area contributed by atoms with Crippen molar-refractivity contribution >= 4 is 50.9 Å². The van der Waals surface area contributed by atoms with Gasteiger partial charge in [0.1, 0.15) is 0 Å². The van der Waals surface area contributed by atoms with Gasteiger partial charge in [0.15, 0.2) is 0 Å². The quantitative estimate of drug-likeness (QED) is 0.219. The van der Waals surface area contributed by atoms with Crippen molar-refractivity contribution in [2.24, 2.45) is 11.5 Å². The summed E-state index contributed by atoms with van der Waals surface area (Å²) < 4.78 is 0. The van der Waals surface area contributed by atoms with Crippen LogP contribution in [0.2, 0.25) is 0 Å². The van der Waals surface area contributed by atoms with Gasteiger partial charge in [-0.2, -0.15) is 0 Å². The van der Waals surface area contributed by atoms with E-state index in [9.17, 15) is 14.4 Å². The lowest BCUT2D eigenvalue weighted by molar-refractivity contribution is 0.0664. The molecule has 5 aromatic rings. The standard InChI is InChI=1S/C35H37N7O3/c1-40(2)30-10-5-4-7-25(30)34(44)39-28-9-6-8-22(27(28)20-36)23-13-14-26(33(37)43)32-31(23)24-12-11-21(19-29(24)38-32)35(45)42-17-15-41(3)16-18-42/h4-14,19,38H,15-18,20,36H2,1-3H3,(H2,37,43)(H,39,44). The summed E-state index contributed by atoms with van der Waals surface area (Å²) in [6, 6.07) is 22.2. The second kappa shape index (κ2) is 12.1. The fourth-order valence-corrected chi connectivity index (χ4v) is 6.19. The molecule has 1 aromatic heterocycles. The number of rotatable bonds is 7. The minimum atomic E-state index is -0.563. The molecule has 0 unspecified atom stereocenters. The molecule has 1 aliphatic rings. The van der Waals surface area contributed by atoms with Crippen molar-refractivity contribution in [2.75, 3.05) is 57.5 Å². The molecule has 6 rings (SSSR count). The average molecular weight is 604 g/mol. The number of primary amides is 1. The molecule has 0 radical (unpaired) electrons. The van der Waals surface area contributed by atoms with Crippen LogP contribution in [0.25, 0.3) is 32.9 Å². The van der Waals surface area contributed by atoms with E-state index in [0.717, 1.165) is 51.8 Å². The Morgan fingerprint density at radius 1 is 0.889 bits per heavy atom. The summed E-state index contributed by atoms with van der Waals surface area (Å²) in [6.45, 7) is 3.16. The molecule has 1 fully saturated rings. The molecule has 10 nitrogen and oxygen atoms in total. The van der Waals surface area contributed by atoms with Crippen LogP contribution in [0.3, 0.4) is 0 Å². The molecule has 2 heterocycles. The Balaban J connectivity index is 1.45. The third kappa shape index (κ3) is 5.50. The lowest BCUT2D eigenvalue weighted by Gasteiger charge is -2.32. The fourth-order valence-electron chi connectivity index (χ4n) is 6.19. The van der Waals surface area contributed by atoms with Crippen molar-refractivity contribution < 1.29 is 14.4 Å². The normalized spacial score (nSPS) is 13.7. The monoisotopic (exact) mass is 603 g/mol. The van der Waals surface area contributed by atoms with Gasteiger partial charge in [0.05, 0.1) is 16.6 Å². The predicted molar refractivity (Wildman–Crippen MR) is 180 cm³/mol. The number of nitrogens with zero attached hydrogens (tertiary/aromatic N) is 3. The Labute approximate surface area is 261 Å². The van der Waals surface area contributed by atoms with Crippen LogP contribution in [0.15, 0.2) is 72.8 Å². The Kier molecular flexibility index (Phi) is 8.01. The lowest BCUT2D eigenvalue weighted by atomic mass is 9.92. The van der Waals surface area contributed by atoms with Gasteiger partial charge < -0.3 is 36.5 Å². The van der Waals surface area contributed by atoms with Gasteiger partial charge in [0, 0.05) is 80.0 Å². The van der Waals surface area contributed by atoms with E-state index in [2.05, 4.69) is 22.2 Å². The number of carbonyl (C=O) groups is 3. The zero-order valence-corrected chi connectivity index (χ0v) is 25.7. The van der Waals surface area contributed by atoms with Gasteiger partial charge in [-0.25, -0.2) is 0 Å². The first-order valence-corrected chi connectivity index (χ1v) is 14.9. The number of fused-ring (bicyclic) bond motifs is 3. The highest BCUT2D eigenvalue weighted by molar-refractivity contribution is 6.21. The maximum atomic E-state index is 13.5.